The molecule has 0 saturated carbocycles. The van der Waals surface area contributed by atoms with Gasteiger partial charge in [-0.2, -0.15) is 5.26 Å². The summed E-state index contributed by atoms with van der Waals surface area (Å²) in [4.78, 5) is 2.15. The van der Waals surface area contributed by atoms with Crippen LogP contribution in [0.5, 0.6) is 0 Å². The number of nitrogens with two attached hydrogens (primary N) is 1. The first-order valence-corrected chi connectivity index (χ1v) is 5.55. The smallest absolute Gasteiger partial charge is 0.101 e. The lowest BCUT2D eigenvalue weighted by atomic mass is 10.1. The molecule has 2 N–H and O–H groups in total. The fourth-order valence-electron chi connectivity index (χ4n) is 1.46. The van der Waals surface area contributed by atoms with Crippen LogP contribution in [0.4, 0.5) is 11.4 Å². The number of benzene rings is 1. The van der Waals surface area contributed by atoms with Crippen LogP contribution in [0.15, 0.2) is 18.2 Å². The standard InChI is InChI=1S/C13H19N3/c1-10(2)6-7-16(3)12-4-5-13(15)11(8-12)9-14/h4-5,8,10H,6-7,15H2,1-3H3. The third-order valence-electron chi connectivity index (χ3n) is 2.64. The summed E-state index contributed by atoms with van der Waals surface area (Å²) in [7, 11) is 2.04. The monoisotopic (exact) mass is 217 g/mol. The van der Waals surface area contributed by atoms with E-state index < -0.39 is 0 Å². The lowest BCUT2D eigenvalue weighted by Crippen LogP contribution is -2.20. The molecule has 1 aromatic carbocycles. The molecule has 0 amide bonds. The van der Waals surface area contributed by atoms with Crippen molar-refractivity contribution in [2.24, 2.45) is 5.92 Å². The van der Waals surface area contributed by atoms with Crippen molar-refractivity contribution in [3.8, 4) is 6.07 Å². The van der Waals surface area contributed by atoms with Crippen LogP contribution in [-0.4, -0.2) is 13.6 Å². The van der Waals surface area contributed by atoms with Crippen LogP contribution in [0.3, 0.4) is 0 Å². The second-order valence-electron chi connectivity index (χ2n) is 4.49. The molecule has 0 unspecified atom stereocenters. The van der Waals surface area contributed by atoms with Crippen molar-refractivity contribution < 1.29 is 0 Å². The summed E-state index contributed by atoms with van der Waals surface area (Å²) in [6, 6.07) is 7.69. The van der Waals surface area contributed by atoms with Crippen molar-refractivity contribution in [3.63, 3.8) is 0 Å². The Morgan fingerprint density at radius 1 is 1.44 bits per heavy atom. The van der Waals surface area contributed by atoms with E-state index in [1.807, 2.05) is 19.2 Å². The number of nitrogens with zero attached hydrogens (tertiary/aromatic N) is 2. The third kappa shape index (κ3) is 3.16. The zero-order valence-corrected chi connectivity index (χ0v) is 10.2. The second-order valence-corrected chi connectivity index (χ2v) is 4.49. The maximum Gasteiger partial charge on any atom is 0.101 e. The molecule has 0 heterocycles. The van der Waals surface area contributed by atoms with Gasteiger partial charge in [-0.05, 0) is 30.5 Å². The highest BCUT2D eigenvalue weighted by Crippen LogP contribution is 2.20. The number of anilines is 2. The fraction of sp³-hybridized carbons (Fsp3) is 0.462. The molecule has 0 aliphatic rings. The van der Waals surface area contributed by atoms with E-state index in [0.717, 1.165) is 18.7 Å². The molecule has 0 spiro atoms. The van der Waals surface area contributed by atoms with Gasteiger partial charge in [-0.15, -0.1) is 0 Å². The molecule has 3 heteroatoms. The molecule has 0 aliphatic heterocycles. The van der Waals surface area contributed by atoms with Crippen LogP contribution >= 0.6 is 0 Å². The summed E-state index contributed by atoms with van der Waals surface area (Å²) in [5, 5.41) is 8.89. The van der Waals surface area contributed by atoms with Gasteiger partial charge in [0.25, 0.3) is 0 Å². The molecule has 0 aromatic heterocycles. The topological polar surface area (TPSA) is 53.0 Å². The zero-order valence-electron chi connectivity index (χ0n) is 10.2. The van der Waals surface area contributed by atoms with E-state index in [0.29, 0.717) is 17.2 Å². The first-order valence-electron chi connectivity index (χ1n) is 5.55. The Balaban J connectivity index is 2.77. The van der Waals surface area contributed by atoms with Gasteiger partial charge in [0.05, 0.1) is 5.56 Å². The van der Waals surface area contributed by atoms with Crippen molar-refractivity contribution in [1.29, 1.82) is 5.26 Å². The van der Waals surface area contributed by atoms with Crippen LogP contribution in [-0.2, 0) is 0 Å². The Bertz CT molecular complexity index is 391. The predicted octanol–water partition coefficient (Wildman–Crippen LogP) is 2.62. The van der Waals surface area contributed by atoms with Crippen molar-refractivity contribution in [1.82, 2.24) is 0 Å². The Hall–Kier alpha value is -1.69. The van der Waals surface area contributed by atoms with Gasteiger partial charge < -0.3 is 10.6 Å². The van der Waals surface area contributed by atoms with Gasteiger partial charge in [0.1, 0.15) is 6.07 Å². The van der Waals surface area contributed by atoms with Crippen molar-refractivity contribution in [3.05, 3.63) is 23.8 Å². The maximum absolute atomic E-state index is 8.89. The minimum Gasteiger partial charge on any atom is -0.398 e. The van der Waals surface area contributed by atoms with Gasteiger partial charge in [-0.1, -0.05) is 13.8 Å². The summed E-state index contributed by atoms with van der Waals surface area (Å²) in [5.74, 6) is 0.687. The van der Waals surface area contributed by atoms with E-state index in [1.54, 1.807) is 6.07 Å². The van der Waals surface area contributed by atoms with Gasteiger partial charge >= 0.3 is 0 Å². The van der Waals surface area contributed by atoms with Gasteiger partial charge in [0.15, 0.2) is 0 Å². The van der Waals surface area contributed by atoms with Gasteiger partial charge in [-0.25, -0.2) is 0 Å². The SMILES string of the molecule is CC(C)CCN(C)c1ccc(N)c(C#N)c1. The highest BCUT2D eigenvalue weighted by atomic mass is 15.1. The first-order chi connectivity index (χ1) is 7.54. The van der Waals surface area contributed by atoms with Gasteiger partial charge in [0.2, 0.25) is 0 Å². The molecule has 0 bridgehead atoms. The normalized spacial score (nSPS) is 10.2. The van der Waals surface area contributed by atoms with Crippen molar-refractivity contribution in [2.75, 3.05) is 24.2 Å². The maximum atomic E-state index is 8.89. The summed E-state index contributed by atoms with van der Waals surface area (Å²) in [5.41, 5.74) is 7.82. The van der Waals surface area contributed by atoms with Crippen LogP contribution in [0.1, 0.15) is 25.8 Å². The zero-order chi connectivity index (χ0) is 12.1. The summed E-state index contributed by atoms with van der Waals surface area (Å²) in [6.07, 6.45) is 1.14. The average Bonchev–Trinajstić information content (AvgIpc) is 2.26. The lowest BCUT2D eigenvalue weighted by molar-refractivity contribution is 0.585. The highest BCUT2D eigenvalue weighted by Gasteiger charge is 2.05. The molecule has 16 heavy (non-hydrogen) atoms. The molecule has 0 saturated heterocycles. The van der Waals surface area contributed by atoms with E-state index in [9.17, 15) is 0 Å². The van der Waals surface area contributed by atoms with Gasteiger partial charge in [-0.3, -0.25) is 0 Å². The fourth-order valence-corrected chi connectivity index (χ4v) is 1.46. The van der Waals surface area contributed by atoms with Gasteiger partial charge in [0, 0.05) is 25.0 Å². The molecular formula is C13H19N3. The molecule has 86 valence electrons. The molecule has 3 nitrogen and oxygen atoms in total. The highest BCUT2D eigenvalue weighted by molar-refractivity contribution is 5.62. The van der Waals surface area contributed by atoms with Crippen LogP contribution < -0.4 is 10.6 Å². The largest absolute Gasteiger partial charge is 0.398 e. The summed E-state index contributed by atoms with van der Waals surface area (Å²) in [6.45, 7) is 5.40. The van der Waals surface area contributed by atoms with E-state index in [-0.39, 0.29) is 0 Å². The molecule has 0 fully saturated rings. The Morgan fingerprint density at radius 3 is 2.69 bits per heavy atom. The molecule has 0 radical (unpaired) electrons. The predicted molar refractivity (Wildman–Crippen MR) is 68.3 cm³/mol. The molecule has 0 atom stereocenters. The van der Waals surface area contributed by atoms with Crippen LogP contribution in [0.25, 0.3) is 0 Å². The minimum atomic E-state index is 0.545. The molecular weight excluding hydrogens is 198 g/mol. The summed E-state index contributed by atoms with van der Waals surface area (Å²) < 4.78 is 0. The molecule has 1 rings (SSSR count). The Kier molecular flexibility index (Phi) is 4.19. The minimum absolute atomic E-state index is 0.545. The second kappa shape index (κ2) is 5.41. The van der Waals surface area contributed by atoms with Crippen LogP contribution in [0, 0.1) is 17.2 Å². The summed E-state index contributed by atoms with van der Waals surface area (Å²) >= 11 is 0. The van der Waals surface area contributed by atoms with Crippen molar-refractivity contribution >= 4 is 11.4 Å². The Labute approximate surface area is 97.5 Å². The Morgan fingerprint density at radius 2 is 2.12 bits per heavy atom. The molecule has 0 aliphatic carbocycles. The number of hydrogen-bond acceptors (Lipinski definition) is 3. The van der Waals surface area contributed by atoms with E-state index in [2.05, 4.69) is 24.8 Å². The third-order valence-corrected chi connectivity index (χ3v) is 2.64. The number of nitriles is 1. The number of hydrogen-bond donors (Lipinski definition) is 1. The molecule has 1 aromatic rings. The quantitative estimate of drug-likeness (QED) is 0.789. The van der Waals surface area contributed by atoms with Crippen molar-refractivity contribution in [2.45, 2.75) is 20.3 Å². The van der Waals surface area contributed by atoms with E-state index in [4.69, 9.17) is 11.0 Å². The van der Waals surface area contributed by atoms with Crippen LogP contribution in [0.2, 0.25) is 0 Å². The average molecular weight is 217 g/mol. The first kappa shape index (κ1) is 12.4. The lowest BCUT2D eigenvalue weighted by Gasteiger charge is -2.20. The number of nitrogen functional groups attached to an aromatic ring is 1. The number of rotatable bonds is 4. The van der Waals surface area contributed by atoms with E-state index in [1.165, 1.54) is 0 Å². The van der Waals surface area contributed by atoms with E-state index >= 15 is 0 Å².